The van der Waals surface area contributed by atoms with Crippen LogP contribution >= 0.6 is 11.3 Å². The summed E-state index contributed by atoms with van der Waals surface area (Å²) >= 11 is 1.24. The van der Waals surface area contributed by atoms with E-state index < -0.39 is 21.9 Å². The van der Waals surface area contributed by atoms with Crippen molar-refractivity contribution in [2.45, 2.75) is 51.5 Å². The van der Waals surface area contributed by atoms with Crippen LogP contribution in [0.2, 0.25) is 0 Å². The number of unbranched alkanes of at least 4 members (excludes halogenated alkanes) is 1. The van der Waals surface area contributed by atoms with E-state index in [4.69, 9.17) is 4.74 Å². The largest absolute Gasteiger partial charge is 0.465 e. The smallest absolute Gasteiger partial charge is 0.341 e. The number of hydrogen-bond donors (Lipinski definition) is 1. The third kappa shape index (κ3) is 5.74. The minimum absolute atomic E-state index is 0.0550. The summed E-state index contributed by atoms with van der Waals surface area (Å²) in [7, 11) is -2.37. The molecule has 2 heterocycles. The van der Waals surface area contributed by atoms with Crippen LogP contribution in [0.25, 0.3) is 0 Å². The SMILES string of the molecule is CCCCN(CC)S(=O)(=O)c1ccc(C(=O)Nc2sc3c(c2C(=O)OC)CCN(C(C)=O)C3)cc1. The lowest BCUT2D eigenvalue weighted by Crippen LogP contribution is -2.33. The molecule has 1 aromatic carbocycles. The molecule has 0 aliphatic carbocycles. The van der Waals surface area contributed by atoms with Crippen molar-refractivity contribution in [2.24, 2.45) is 0 Å². The van der Waals surface area contributed by atoms with Crippen LogP contribution in [0.3, 0.4) is 0 Å². The Balaban J connectivity index is 1.84. The van der Waals surface area contributed by atoms with Crippen molar-refractivity contribution in [1.29, 1.82) is 0 Å². The van der Waals surface area contributed by atoms with E-state index in [1.54, 1.807) is 11.8 Å². The molecule has 0 saturated heterocycles. The van der Waals surface area contributed by atoms with Crippen molar-refractivity contribution < 1.29 is 27.5 Å². The Hall–Kier alpha value is -2.76. The molecule has 2 aromatic rings. The summed E-state index contributed by atoms with van der Waals surface area (Å²) in [6.07, 6.45) is 2.15. The van der Waals surface area contributed by atoms with Gasteiger partial charge in [-0.1, -0.05) is 20.3 Å². The second kappa shape index (κ2) is 11.3. The maximum Gasteiger partial charge on any atom is 0.341 e. The number of rotatable bonds is 9. The molecule has 0 spiro atoms. The van der Waals surface area contributed by atoms with Crippen molar-refractivity contribution in [3.63, 3.8) is 0 Å². The molecule has 3 rings (SSSR count). The van der Waals surface area contributed by atoms with E-state index in [0.717, 1.165) is 23.3 Å². The lowest BCUT2D eigenvalue weighted by molar-refractivity contribution is -0.129. The van der Waals surface area contributed by atoms with Crippen molar-refractivity contribution in [3.05, 3.63) is 45.8 Å². The lowest BCUT2D eigenvalue weighted by atomic mass is 10.0. The first kappa shape index (κ1) is 26.8. The average molecular weight is 522 g/mol. The predicted octanol–water partition coefficient (Wildman–Crippen LogP) is 3.50. The number of nitrogens with zero attached hydrogens (tertiary/aromatic N) is 2. The molecule has 2 amide bonds. The normalized spacial score (nSPS) is 13.5. The summed E-state index contributed by atoms with van der Waals surface area (Å²) in [6.45, 7) is 6.96. The molecule has 0 unspecified atom stereocenters. The fourth-order valence-corrected chi connectivity index (χ4v) is 6.70. The quantitative estimate of drug-likeness (QED) is 0.506. The zero-order valence-electron chi connectivity index (χ0n) is 20.4. The number of hydrogen-bond acceptors (Lipinski definition) is 7. The van der Waals surface area contributed by atoms with Crippen molar-refractivity contribution in [3.8, 4) is 0 Å². The van der Waals surface area contributed by atoms with Crippen LogP contribution < -0.4 is 5.32 Å². The number of esters is 1. The summed E-state index contributed by atoms with van der Waals surface area (Å²) in [5.41, 5.74) is 1.34. The van der Waals surface area contributed by atoms with Crippen molar-refractivity contribution >= 4 is 44.1 Å². The van der Waals surface area contributed by atoms with E-state index in [1.165, 1.54) is 53.9 Å². The van der Waals surface area contributed by atoms with Gasteiger partial charge in [-0.25, -0.2) is 13.2 Å². The maximum absolute atomic E-state index is 13.0. The number of ether oxygens (including phenoxy) is 1. The molecule has 9 nitrogen and oxygen atoms in total. The van der Waals surface area contributed by atoms with E-state index in [-0.39, 0.29) is 16.4 Å². The number of amides is 2. The Bertz CT molecular complexity index is 1200. The minimum Gasteiger partial charge on any atom is -0.465 e. The second-order valence-corrected chi connectivity index (χ2v) is 11.3. The molecule has 0 radical (unpaired) electrons. The summed E-state index contributed by atoms with van der Waals surface area (Å²) in [5, 5.41) is 3.13. The zero-order chi connectivity index (χ0) is 25.8. The molecule has 35 heavy (non-hydrogen) atoms. The van der Waals surface area contributed by atoms with Gasteiger partial charge >= 0.3 is 5.97 Å². The molecule has 0 saturated carbocycles. The number of sulfonamides is 1. The summed E-state index contributed by atoms with van der Waals surface area (Å²) in [5.74, 6) is -1.08. The van der Waals surface area contributed by atoms with Gasteiger partial charge in [-0.3, -0.25) is 9.59 Å². The van der Waals surface area contributed by atoms with E-state index in [9.17, 15) is 22.8 Å². The Labute approximate surface area is 210 Å². The predicted molar refractivity (Wildman–Crippen MR) is 134 cm³/mol. The molecule has 0 bridgehead atoms. The number of carbonyl (C=O) groups excluding carboxylic acids is 3. The first-order chi connectivity index (χ1) is 16.6. The van der Waals surface area contributed by atoms with E-state index >= 15 is 0 Å². The van der Waals surface area contributed by atoms with Crippen LogP contribution in [-0.2, 0) is 32.5 Å². The first-order valence-corrected chi connectivity index (χ1v) is 13.8. The van der Waals surface area contributed by atoms with Gasteiger partial charge in [0.15, 0.2) is 0 Å². The molecule has 190 valence electrons. The molecule has 1 aliphatic heterocycles. The summed E-state index contributed by atoms with van der Waals surface area (Å²) in [4.78, 5) is 39.9. The molecule has 0 fully saturated rings. The van der Waals surface area contributed by atoms with E-state index in [1.807, 2.05) is 6.92 Å². The van der Waals surface area contributed by atoms with Crippen LogP contribution in [0.4, 0.5) is 5.00 Å². The number of carbonyl (C=O) groups is 3. The third-order valence-electron chi connectivity index (χ3n) is 5.99. The number of fused-ring (bicyclic) bond motifs is 1. The van der Waals surface area contributed by atoms with Gasteiger partial charge in [-0.15, -0.1) is 11.3 Å². The highest BCUT2D eigenvalue weighted by atomic mass is 32.2. The number of methoxy groups -OCH3 is 1. The Morgan fingerprint density at radius 2 is 1.86 bits per heavy atom. The van der Waals surface area contributed by atoms with Crippen LogP contribution in [0.1, 0.15) is 64.8 Å². The van der Waals surface area contributed by atoms with Gasteiger partial charge in [0.1, 0.15) is 5.00 Å². The zero-order valence-corrected chi connectivity index (χ0v) is 22.1. The molecular formula is C24H31N3O6S2. The molecule has 1 aromatic heterocycles. The van der Waals surface area contributed by atoms with E-state index in [2.05, 4.69) is 5.32 Å². The molecule has 1 aliphatic rings. The van der Waals surface area contributed by atoms with Crippen molar-refractivity contribution in [1.82, 2.24) is 9.21 Å². The minimum atomic E-state index is -3.65. The highest BCUT2D eigenvalue weighted by molar-refractivity contribution is 7.89. The fraction of sp³-hybridized carbons (Fsp3) is 0.458. The number of anilines is 1. The standard InChI is InChI=1S/C24H31N3O6S2/c1-5-7-13-27(6-2)35(31,32)18-10-8-17(9-11-18)22(29)25-23-21(24(30)33-4)19-12-14-26(16(3)28)15-20(19)34-23/h8-11H,5-7,12-15H2,1-4H3,(H,25,29). The Morgan fingerprint density at radius 3 is 2.43 bits per heavy atom. The highest BCUT2D eigenvalue weighted by Crippen LogP contribution is 2.38. The van der Waals surface area contributed by atoms with Crippen molar-refractivity contribution in [2.75, 3.05) is 32.1 Å². The molecule has 0 atom stereocenters. The van der Waals surface area contributed by atoms with Gasteiger partial charge in [0, 0.05) is 37.0 Å². The van der Waals surface area contributed by atoms with E-state index in [0.29, 0.717) is 43.2 Å². The number of benzene rings is 1. The summed E-state index contributed by atoms with van der Waals surface area (Å²) < 4.78 is 32.2. The summed E-state index contributed by atoms with van der Waals surface area (Å²) in [6, 6.07) is 5.76. The Kier molecular flexibility index (Phi) is 8.68. The van der Waals surface area contributed by atoms with Crippen LogP contribution in [0.5, 0.6) is 0 Å². The second-order valence-electron chi connectivity index (χ2n) is 8.22. The maximum atomic E-state index is 13.0. The number of thiophene rings is 1. The monoisotopic (exact) mass is 521 g/mol. The fourth-order valence-electron chi connectivity index (χ4n) is 3.96. The third-order valence-corrected chi connectivity index (χ3v) is 9.11. The molecule has 11 heteroatoms. The first-order valence-electron chi connectivity index (χ1n) is 11.5. The molecule has 1 N–H and O–H groups in total. The Morgan fingerprint density at radius 1 is 1.17 bits per heavy atom. The topological polar surface area (TPSA) is 113 Å². The van der Waals surface area contributed by atoms with Gasteiger partial charge in [0.05, 0.1) is 24.1 Å². The average Bonchev–Trinajstić information content (AvgIpc) is 3.20. The van der Waals surface area contributed by atoms with Gasteiger partial charge in [-0.2, -0.15) is 4.31 Å². The van der Waals surface area contributed by atoms with Gasteiger partial charge in [0.25, 0.3) is 5.91 Å². The molecular weight excluding hydrogens is 490 g/mol. The lowest BCUT2D eigenvalue weighted by Gasteiger charge is -2.25. The van der Waals surface area contributed by atoms with Gasteiger partial charge in [0.2, 0.25) is 15.9 Å². The highest BCUT2D eigenvalue weighted by Gasteiger charge is 2.30. The van der Waals surface area contributed by atoms with Gasteiger partial charge < -0.3 is 15.0 Å². The van der Waals surface area contributed by atoms with Crippen LogP contribution in [0.15, 0.2) is 29.2 Å². The van der Waals surface area contributed by atoms with Crippen LogP contribution in [-0.4, -0.2) is 62.2 Å². The van der Waals surface area contributed by atoms with Crippen LogP contribution in [0, 0.1) is 0 Å². The van der Waals surface area contributed by atoms with Gasteiger partial charge in [-0.05, 0) is 42.7 Å². The number of nitrogens with one attached hydrogen (secondary N) is 1.